The lowest BCUT2D eigenvalue weighted by Crippen LogP contribution is -2.46. The highest BCUT2D eigenvalue weighted by atomic mass is 32.1. The molecule has 7 nitrogen and oxygen atoms in total. The van der Waals surface area contributed by atoms with Crippen LogP contribution in [0.2, 0.25) is 0 Å². The van der Waals surface area contributed by atoms with Gasteiger partial charge in [0.1, 0.15) is 4.70 Å². The maximum atomic E-state index is 13.1. The number of anilines is 1. The number of nitrogens with zero attached hydrogens (tertiary/aromatic N) is 4. The Kier molecular flexibility index (Phi) is 5.63. The first-order valence-electron chi connectivity index (χ1n) is 9.44. The number of fused-ring (bicyclic) bond motifs is 1. The van der Waals surface area contributed by atoms with E-state index in [0.29, 0.717) is 38.3 Å². The molecule has 31 heavy (non-hydrogen) atoms. The second-order valence-corrected chi connectivity index (χ2v) is 8.15. The van der Waals surface area contributed by atoms with E-state index in [1.54, 1.807) is 0 Å². The molecule has 2 aromatic carbocycles. The van der Waals surface area contributed by atoms with Gasteiger partial charge < -0.3 is 4.90 Å². The number of benzene rings is 2. The molecule has 3 aromatic rings. The Balaban J connectivity index is 1.61. The van der Waals surface area contributed by atoms with E-state index < -0.39 is 33.3 Å². The summed E-state index contributed by atoms with van der Waals surface area (Å²) < 4.78 is 39.2. The molecular weight excluding hydrogens is 433 g/mol. The van der Waals surface area contributed by atoms with Crippen LogP contribution < -0.4 is 10.5 Å². The summed E-state index contributed by atoms with van der Waals surface area (Å²) in [5.41, 5.74) is -1.69. The number of nitro benzene ring substituents is 1. The Morgan fingerprint density at radius 2 is 1.77 bits per heavy atom. The molecule has 0 atom stereocenters. The molecule has 1 fully saturated rings. The van der Waals surface area contributed by atoms with Gasteiger partial charge in [-0.2, -0.15) is 18.2 Å². The fourth-order valence-corrected chi connectivity index (χ4v) is 4.63. The number of aromatic nitrogens is 1. The third-order valence-electron chi connectivity index (χ3n) is 5.11. The fraction of sp³-hybridized carbons (Fsp3) is 0.300. The van der Waals surface area contributed by atoms with Gasteiger partial charge in [0, 0.05) is 38.8 Å². The minimum absolute atomic E-state index is 0.0975. The van der Waals surface area contributed by atoms with Crippen molar-refractivity contribution in [3.8, 4) is 0 Å². The van der Waals surface area contributed by atoms with E-state index in [4.69, 9.17) is 0 Å². The van der Waals surface area contributed by atoms with Gasteiger partial charge in [0.05, 0.1) is 15.9 Å². The van der Waals surface area contributed by atoms with Crippen LogP contribution in [0.1, 0.15) is 11.1 Å². The van der Waals surface area contributed by atoms with Gasteiger partial charge in [-0.05, 0) is 11.6 Å². The zero-order chi connectivity index (χ0) is 22.2. The third kappa shape index (κ3) is 4.52. The molecule has 0 amide bonds. The molecule has 0 saturated carbocycles. The molecular formula is C20H17F3N4O3S. The summed E-state index contributed by atoms with van der Waals surface area (Å²) in [4.78, 5) is 31.0. The number of hydrogen-bond acceptors (Lipinski definition) is 7. The van der Waals surface area contributed by atoms with Crippen LogP contribution in [0, 0.1) is 10.1 Å². The summed E-state index contributed by atoms with van der Waals surface area (Å²) in [6.45, 7) is 3.28. The van der Waals surface area contributed by atoms with Gasteiger partial charge in [-0.1, -0.05) is 41.7 Å². The van der Waals surface area contributed by atoms with Crippen molar-refractivity contribution < 1.29 is 18.1 Å². The number of piperazine rings is 1. The molecule has 162 valence electrons. The number of nitro groups is 1. The minimum Gasteiger partial charge on any atom is -0.345 e. The Morgan fingerprint density at radius 3 is 2.39 bits per heavy atom. The van der Waals surface area contributed by atoms with Gasteiger partial charge in [-0.25, -0.2) is 0 Å². The van der Waals surface area contributed by atoms with E-state index in [2.05, 4.69) is 9.88 Å². The van der Waals surface area contributed by atoms with Crippen LogP contribution >= 0.6 is 11.3 Å². The first kappa shape index (κ1) is 21.2. The lowest BCUT2D eigenvalue weighted by Gasteiger charge is -2.34. The second-order valence-electron chi connectivity index (χ2n) is 7.18. The van der Waals surface area contributed by atoms with Crippen molar-refractivity contribution in [1.82, 2.24) is 9.88 Å². The van der Waals surface area contributed by atoms with Gasteiger partial charge >= 0.3 is 6.18 Å². The lowest BCUT2D eigenvalue weighted by molar-refractivity contribution is -0.383. The summed E-state index contributed by atoms with van der Waals surface area (Å²) >= 11 is 0.874. The van der Waals surface area contributed by atoms with E-state index in [9.17, 15) is 28.1 Å². The van der Waals surface area contributed by atoms with E-state index in [1.165, 1.54) is 5.56 Å². The van der Waals surface area contributed by atoms with Crippen molar-refractivity contribution in [1.29, 1.82) is 0 Å². The van der Waals surface area contributed by atoms with E-state index >= 15 is 0 Å². The van der Waals surface area contributed by atoms with Crippen molar-refractivity contribution in [2.45, 2.75) is 12.7 Å². The van der Waals surface area contributed by atoms with Crippen molar-refractivity contribution >= 4 is 32.2 Å². The predicted molar refractivity (Wildman–Crippen MR) is 111 cm³/mol. The first-order chi connectivity index (χ1) is 14.7. The highest BCUT2D eigenvalue weighted by molar-refractivity contribution is 7.22. The maximum Gasteiger partial charge on any atom is 0.416 e. The Hall–Kier alpha value is -3.05. The van der Waals surface area contributed by atoms with Gasteiger partial charge in [-0.3, -0.25) is 19.8 Å². The molecule has 1 aliphatic rings. The van der Waals surface area contributed by atoms with Gasteiger partial charge in [0.2, 0.25) is 0 Å². The zero-order valence-electron chi connectivity index (χ0n) is 16.1. The largest absolute Gasteiger partial charge is 0.416 e. The molecule has 1 aromatic heterocycles. The number of hydrogen-bond donors (Lipinski definition) is 0. The molecule has 0 aliphatic carbocycles. The highest BCUT2D eigenvalue weighted by Gasteiger charge is 2.34. The molecule has 0 radical (unpaired) electrons. The first-order valence-corrected chi connectivity index (χ1v) is 10.3. The molecule has 0 unspecified atom stereocenters. The minimum atomic E-state index is -4.80. The summed E-state index contributed by atoms with van der Waals surface area (Å²) in [6.07, 6.45) is -4.80. The number of non-ortho nitro benzene ring substituents is 1. The molecule has 1 saturated heterocycles. The predicted octanol–water partition coefficient (Wildman–Crippen LogP) is 3.91. The molecule has 1 aliphatic heterocycles. The molecule has 2 heterocycles. The highest BCUT2D eigenvalue weighted by Crippen LogP contribution is 2.38. The van der Waals surface area contributed by atoms with Gasteiger partial charge in [0.25, 0.3) is 11.2 Å². The van der Waals surface area contributed by atoms with E-state index in [-0.39, 0.29) is 9.83 Å². The van der Waals surface area contributed by atoms with Crippen LogP contribution in [0.5, 0.6) is 0 Å². The normalized spacial score (nSPS) is 15.4. The van der Waals surface area contributed by atoms with E-state index in [0.717, 1.165) is 17.9 Å². The average molecular weight is 450 g/mol. The monoisotopic (exact) mass is 450 g/mol. The average Bonchev–Trinajstić information content (AvgIpc) is 2.73. The van der Waals surface area contributed by atoms with Crippen LogP contribution in [0.3, 0.4) is 0 Å². The smallest absolute Gasteiger partial charge is 0.345 e. The Labute approximate surface area is 178 Å². The fourth-order valence-electron chi connectivity index (χ4n) is 3.51. The SMILES string of the molecule is O=c1nc(N2CCN(Cc3ccccc3)CC2)sc2c([N+](=O)[O-])cc(C(F)(F)F)cc12. The van der Waals surface area contributed by atoms with Crippen LogP contribution in [0.4, 0.5) is 24.0 Å². The molecule has 4 rings (SSSR count). The third-order valence-corrected chi connectivity index (χ3v) is 6.27. The lowest BCUT2D eigenvalue weighted by atomic mass is 10.1. The number of rotatable bonds is 4. The molecule has 11 heteroatoms. The number of alkyl halides is 3. The summed E-state index contributed by atoms with van der Waals surface area (Å²) in [6, 6.07) is 11.1. The Morgan fingerprint density at radius 1 is 1.10 bits per heavy atom. The summed E-state index contributed by atoms with van der Waals surface area (Å²) in [5.74, 6) is 0. The maximum absolute atomic E-state index is 13.1. The Bertz CT molecular complexity index is 1180. The van der Waals surface area contributed by atoms with Crippen molar-refractivity contribution in [3.05, 3.63) is 74.1 Å². The van der Waals surface area contributed by atoms with Gasteiger partial charge in [-0.15, -0.1) is 0 Å². The molecule has 0 spiro atoms. The van der Waals surface area contributed by atoms with Crippen LogP contribution in [-0.4, -0.2) is 41.0 Å². The quantitative estimate of drug-likeness (QED) is 0.443. The molecule has 0 bridgehead atoms. The van der Waals surface area contributed by atoms with Crippen LogP contribution in [0.15, 0.2) is 47.3 Å². The number of halogens is 3. The molecule has 0 N–H and O–H groups in total. The summed E-state index contributed by atoms with van der Waals surface area (Å²) in [7, 11) is 0. The van der Waals surface area contributed by atoms with Gasteiger partial charge in [0.15, 0.2) is 5.13 Å². The summed E-state index contributed by atoms with van der Waals surface area (Å²) in [5, 5.41) is 11.3. The van der Waals surface area contributed by atoms with E-state index in [1.807, 2.05) is 35.2 Å². The van der Waals surface area contributed by atoms with Crippen molar-refractivity contribution in [2.75, 3.05) is 31.1 Å². The topological polar surface area (TPSA) is 79.6 Å². The zero-order valence-corrected chi connectivity index (χ0v) is 16.9. The van der Waals surface area contributed by atoms with Crippen LogP contribution in [0.25, 0.3) is 10.1 Å². The van der Waals surface area contributed by atoms with Crippen LogP contribution in [-0.2, 0) is 12.7 Å². The van der Waals surface area contributed by atoms with Crippen molar-refractivity contribution in [2.24, 2.45) is 0 Å². The second kappa shape index (κ2) is 8.23. The van der Waals surface area contributed by atoms with Crippen molar-refractivity contribution in [3.63, 3.8) is 0 Å². The standard InChI is InChI=1S/C20H17F3N4O3S/c21-20(22,23)14-10-15-17(16(11-14)27(29)30)31-19(24-18(15)28)26-8-6-25(7-9-26)12-13-4-2-1-3-5-13/h1-5,10-11H,6-9,12H2.